The zero-order chi connectivity index (χ0) is 12.5. The number of hydrogen-bond donors (Lipinski definition) is 2. The van der Waals surface area contributed by atoms with Crippen molar-refractivity contribution in [2.45, 2.75) is 39.0 Å². The number of anilines is 1. The van der Waals surface area contributed by atoms with Crippen LogP contribution in [0.15, 0.2) is 18.2 Å². The van der Waals surface area contributed by atoms with Crippen molar-refractivity contribution in [1.29, 1.82) is 0 Å². The lowest BCUT2D eigenvalue weighted by Crippen LogP contribution is -2.12. The van der Waals surface area contributed by atoms with Gasteiger partial charge in [-0.25, -0.2) is 0 Å². The van der Waals surface area contributed by atoms with E-state index < -0.39 is 0 Å². The van der Waals surface area contributed by atoms with Crippen LogP contribution >= 0.6 is 0 Å². The summed E-state index contributed by atoms with van der Waals surface area (Å²) in [6.07, 6.45) is 5.93. The molecule has 0 saturated carbocycles. The molecule has 1 aliphatic carbocycles. The van der Waals surface area contributed by atoms with Crippen LogP contribution in [0, 0.1) is 6.92 Å². The number of para-hydroxylation sites is 1. The lowest BCUT2D eigenvalue weighted by atomic mass is 10.0. The maximum Gasteiger partial charge on any atom is 0.0755 e. The van der Waals surface area contributed by atoms with E-state index in [1.807, 2.05) is 0 Å². The van der Waals surface area contributed by atoms with Crippen molar-refractivity contribution in [2.24, 2.45) is 5.84 Å². The number of aromatic nitrogens is 1. The third-order valence-corrected chi connectivity index (χ3v) is 3.89. The van der Waals surface area contributed by atoms with Gasteiger partial charge in [-0.15, -0.1) is 0 Å². The highest BCUT2D eigenvalue weighted by molar-refractivity contribution is 5.95. The number of nitrogens with two attached hydrogens (primary N) is 1. The van der Waals surface area contributed by atoms with Crippen LogP contribution < -0.4 is 11.3 Å². The number of benzene rings is 1. The molecule has 0 saturated heterocycles. The first-order valence-corrected chi connectivity index (χ1v) is 6.69. The van der Waals surface area contributed by atoms with E-state index in [1.54, 1.807) is 0 Å². The summed E-state index contributed by atoms with van der Waals surface area (Å²) in [4.78, 5) is 4.89. The van der Waals surface area contributed by atoms with Crippen LogP contribution in [0.3, 0.4) is 0 Å². The Hall–Kier alpha value is -1.61. The van der Waals surface area contributed by atoms with Crippen molar-refractivity contribution < 1.29 is 0 Å². The normalized spacial score (nSPS) is 15.2. The first-order chi connectivity index (χ1) is 8.81. The third kappa shape index (κ3) is 1.75. The lowest BCUT2D eigenvalue weighted by Gasteiger charge is -2.15. The van der Waals surface area contributed by atoms with Crippen LogP contribution in [0.25, 0.3) is 10.9 Å². The van der Waals surface area contributed by atoms with E-state index in [1.165, 1.54) is 36.1 Å². The molecule has 0 aliphatic heterocycles. The maximum absolute atomic E-state index is 5.76. The summed E-state index contributed by atoms with van der Waals surface area (Å²) in [7, 11) is 0. The van der Waals surface area contributed by atoms with Crippen LogP contribution in [0.1, 0.15) is 36.1 Å². The lowest BCUT2D eigenvalue weighted by molar-refractivity contribution is 0.709. The van der Waals surface area contributed by atoms with Gasteiger partial charge in [-0.2, -0.15) is 0 Å². The number of nitrogens with zero attached hydrogens (tertiary/aromatic N) is 1. The number of aryl methyl sites for hydroxylation is 2. The van der Waals surface area contributed by atoms with E-state index in [0.29, 0.717) is 0 Å². The Kier molecular flexibility index (Phi) is 2.92. The number of nitrogen functional groups attached to an aromatic ring is 1. The smallest absolute Gasteiger partial charge is 0.0755 e. The summed E-state index contributed by atoms with van der Waals surface area (Å²) in [6, 6.07) is 6.29. The molecule has 2 aromatic rings. The molecular formula is C15H19N3. The van der Waals surface area contributed by atoms with Gasteiger partial charge in [-0.1, -0.05) is 24.6 Å². The van der Waals surface area contributed by atoms with Crippen molar-refractivity contribution in [1.82, 2.24) is 4.98 Å². The van der Waals surface area contributed by atoms with Crippen molar-refractivity contribution in [3.63, 3.8) is 0 Å². The molecule has 1 aromatic heterocycles. The topological polar surface area (TPSA) is 50.9 Å². The van der Waals surface area contributed by atoms with Gasteiger partial charge in [0.15, 0.2) is 0 Å². The second-order valence-electron chi connectivity index (χ2n) is 5.09. The van der Waals surface area contributed by atoms with Gasteiger partial charge < -0.3 is 5.43 Å². The molecule has 1 aliphatic rings. The molecule has 0 atom stereocenters. The van der Waals surface area contributed by atoms with Gasteiger partial charge in [0, 0.05) is 11.1 Å². The molecule has 3 nitrogen and oxygen atoms in total. The Morgan fingerprint density at radius 2 is 2.00 bits per heavy atom. The number of rotatable bonds is 1. The van der Waals surface area contributed by atoms with E-state index in [0.717, 1.165) is 29.4 Å². The summed E-state index contributed by atoms with van der Waals surface area (Å²) < 4.78 is 0. The third-order valence-electron chi connectivity index (χ3n) is 3.89. The second kappa shape index (κ2) is 4.58. The van der Waals surface area contributed by atoms with Crippen LogP contribution in [-0.2, 0) is 12.8 Å². The Morgan fingerprint density at radius 1 is 1.17 bits per heavy atom. The molecule has 3 N–H and O–H groups in total. The fraction of sp³-hybridized carbons (Fsp3) is 0.400. The Labute approximate surface area is 107 Å². The minimum atomic E-state index is 1.08. The van der Waals surface area contributed by atoms with Gasteiger partial charge in [0.05, 0.1) is 11.2 Å². The van der Waals surface area contributed by atoms with E-state index in [9.17, 15) is 0 Å². The van der Waals surface area contributed by atoms with Crippen molar-refractivity contribution in [3.05, 3.63) is 35.0 Å². The Morgan fingerprint density at radius 3 is 2.83 bits per heavy atom. The van der Waals surface area contributed by atoms with Crippen LogP contribution in [0.4, 0.5) is 5.69 Å². The Balaban J connectivity index is 2.34. The number of fused-ring (bicyclic) bond motifs is 2. The fourth-order valence-corrected chi connectivity index (χ4v) is 2.93. The van der Waals surface area contributed by atoms with Crippen LogP contribution in [0.2, 0.25) is 0 Å². The van der Waals surface area contributed by atoms with Crippen molar-refractivity contribution >= 4 is 16.6 Å². The molecule has 0 amide bonds. The molecule has 3 heteroatoms. The van der Waals surface area contributed by atoms with Gasteiger partial charge in [0.25, 0.3) is 0 Å². The van der Waals surface area contributed by atoms with Crippen molar-refractivity contribution in [2.75, 3.05) is 5.43 Å². The first kappa shape index (κ1) is 11.5. The molecule has 0 spiro atoms. The molecular weight excluding hydrogens is 222 g/mol. The minimum Gasteiger partial charge on any atom is -0.323 e. The maximum atomic E-state index is 5.76. The van der Waals surface area contributed by atoms with E-state index in [4.69, 9.17) is 10.8 Å². The zero-order valence-corrected chi connectivity index (χ0v) is 10.8. The van der Waals surface area contributed by atoms with Gasteiger partial charge >= 0.3 is 0 Å². The van der Waals surface area contributed by atoms with E-state index in [-0.39, 0.29) is 0 Å². The summed E-state index contributed by atoms with van der Waals surface area (Å²) >= 11 is 0. The van der Waals surface area contributed by atoms with Gasteiger partial charge in [-0.3, -0.25) is 10.8 Å². The van der Waals surface area contributed by atoms with Crippen molar-refractivity contribution in [3.8, 4) is 0 Å². The number of nitrogens with one attached hydrogen (secondary N) is 1. The summed E-state index contributed by atoms with van der Waals surface area (Å²) in [6.45, 7) is 2.11. The predicted molar refractivity (Wildman–Crippen MR) is 75.5 cm³/mol. The first-order valence-electron chi connectivity index (χ1n) is 6.69. The molecule has 0 bridgehead atoms. The molecule has 18 heavy (non-hydrogen) atoms. The molecule has 3 rings (SSSR count). The SMILES string of the molecule is Cc1cccc2c(NN)c3c(nc12)CCCCC3. The van der Waals surface area contributed by atoms with Gasteiger partial charge in [0.2, 0.25) is 0 Å². The number of hydrogen-bond acceptors (Lipinski definition) is 3. The largest absolute Gasteiger partial charge is 0.323 e. The van der Waals surface area contributed by atoms with E-state index >= 15 is 0 Å². The highest BCUT2D eigenvalue weighted by Crippen LogP contribution is 2.33. The average Bonchev–Trinajstić information content (AvgIpc) is 2.62. The zero-order valence-electron chi connectivity index (χ0n) is 10.8. The standard InChI is InChI=1S/C15H19N3/c1-10-6-5-8-12-14(10)17-13-9-4-2-3-7-11(13)15(12)18-16/h5-6,8H,2-4,7,9,16H2,1H3,(H,17,18). The molecule has 0 radical (unpaired) electrons. The molecule has 94 valence electrons. The summed E-state index contributed by atoms with van der Waals surface area (Å²) in [5, 5.41) is 1.15. The highest BCUT2D eigenvalue weighted by Gasteiger charge is 2.17. The quantitative estimate of drug-likeness (QED) is 0.458. The molecule has 0 fully saturated rings. The Bertz CT molecular complexity index is 590. The highest BCUT2D eigenvalue weighted by atomic mass is 15.2. The number of hydrazine groups is 1. The van der Waals surface area contributed by atoms with Crippen LogP contribution in [0.5, 0.6) is 0 Å². The predicted octanol–water partition coefficient (Wildman–Crippen LogP) is 3.10. The molecule has 0 unspecified atom stereocenters. The average molecular weight is 241 g/mol. The molecule has 1 heterocycles. The monoisotopic (exact) mass is 241 g/mol. The van der Waals surface area contributed by atoms with Crippen LogP contribution in [-0.4, -0.2) is 4.98 Å². The van der Waals surface area contributed by atoms with Gasteiger partial charge in [0.1, 0.15) is 0 Å². The van der Waals surface area contributed by atoms with Gasteiger partial charge in [-0.05, 0) is 43.7 Å². The molecule has 1 aromatic carbocycles. The minimum absolute atomic E-state index is 1.08. The number of pyridine rings is 1. The van der Waals surface area contributed by atoms with E-state index in [2.05, 4.69) is 30.5 Å². The summed E-state index contributed by atoms with van der Waals surface area (Å²) in [5.41, 5.74) is 8.87. The fourth-order valence-electron chi connectivity index (χ4n) is 2.93. The second-order valence-corrected chi connectivity index (χ2v) is 5.09. The summed E-state index contributed by atoms with van der Waals surface area (Å²) in [5.74, 6) is 5.76.